The van der Waals surface area contributed by atoms with Gasteiger partial charge in [-0.1, -0.05) is 13.8 Å². The molecule has 3 nitrogen and oxygen atoms in total. The van der Waals surface area contributed by atoms with Crippen molar-refractivity contribution in [2.24, 2.45) is 0 Å². The lowest BCUT2D eigenvalue weighted by Crippen LogP contribution is -2.24. The molecule has 0 aliphatic carbocycles. The highest BCUT2D eigenvalue weighted by molar-refractivity contribution is 5.85. The molecule has 1 heterocycles. The van der Waals surface area contributed by atoms with Gasteiger partial charge in [0, 0.05) is 29.7 Å². The third-order valence-electron chi connectivity index (χ3n) is 3.46. The van der Waals surface area contributed by atoms with Crippen LogP contribution >= 0.6 is 0 Å². The number of benzene rings is 1. The molecule has 0 aliphatic heterocycles. The molecule has 0 bridgehead atoms. The van der Waals surface area contributed by atoms with Crippen LogP contribution in [0.2, 0.25) is 0 Å². The molecule has 1 aromatic heterocycles. The van der Waals surface area contributed by atoms with Crippen LogP contribution in [0.15, 0.2) is 24.4 Å². The fourth-order valence-corrected chi connectivity index (χ4v) is 2.43. The molecule has 0 radical (unpaired) electrons. The maximum atomic E-state index is 5.34. The first-order chi connectivity index (χ1) is 9.15. The highest BCUT2D eigenvalue weighted by atomic mass is 16.5. The van der Waals surface area contributed by atoms with Gasteiger partial charge < -0.3 is 14.6 Å². The normalized spacial score (nSPS) is 11.4. The predicted molar refractivity (Wildman–Crippen MR) is 81.0 cm³/mol. The van der Waals surface area contributed by atoms with Gasteiger partial charge in [-0.15, -0.1) is 0 Å². The number of rotatable bonds is 6. The second-order valence-corrected chi connectivity index (χ2v) is 5.18. The van der Waals surface area contributed by atoms with Crippen LogP contribution in [0.4, 0.5) is 0 Å². The number of fused-ring (bicyclic) bond motifs is 1. The molecule has 1 aromatic carbocycles. The number of ether oxygens (including phenoxy) is 1. The zero-order valence-corrected chi connectivity index (χ0v) is 12.4. The van der Waals surface area contributed by atoms with E-state index in [1.165, 1.54) is 16.5 Å². The quantitative estimate of drug-likeness (QED) is 0.863. The van der Waals surface area contributed by atoms with Gasteiger partial charge in [-0.3, -0.25) is 0 Å². The Hall–Kier alpha value is -1.48. The summed E-state index contributed by atoms with van der Waals surface area (Å²) in [6.07, 6.45) is 3.32. The van der Waals surface area contributed by atoms with Gasteiger partial charge in [-0.2, -0.15) is 0 Å². The van der Waals surface area contributed by atoms with Crippen LogP contribution < -0.4 is 10.1 Å². The molecule has 0 saturated carbocycles. The molecule has 0 amide bonds. The maximum Gasteiger partial charge on any atom is 0.119 e. The molecular formula is C16H24N2O. The van der Waals surface area contributed by atoms with Gasteiger partial charge in [-0.05, 0) is 43.7 Å². The molecule has 0 saturated heterocycles. The third-order valence-corrected chi connectivity index (χ3v) is 3.46. The molecule has 1 N–H and O–H groups in total. The van der Waals surface area contributed by atoms with E-state index in [0.717, 1.165) is 25.3 Å². The lowest BCUT2D eigenvalue weighted by atomic mass is 10.1. The van der Waals surface area contributed by atoms with Gasteiger partial charge in [0.15, 0.2) is 0 Å². The molecule has 2 rings (SSSR count). The fraction of sp³-hybridized carbons (Fsp3) is 0.500. The van der Waals surface area contributed by atoms with Crippen molar-refractivity contribution in [3.63, 3.8) is 0 Å². The molecule has 104 valence electrons. The second-order valence-electron chi connectivity index (χ2n) is 5.18. The molecule has 0 fully saturated rings. The van der Waals surface area contributed by atoms with Crippen molar-refractivity contribution in [1.29, 1.82) is 0 Å². The van der Waals surface area contributed by atoms with Crippen LogP contribution in [0.5, 0.6) is 5.75 Å². The van der Waals surface area contributed by atoms with Crippen LogP contribution in [0, 0.1) is 0 Å². The van der Waals surface area contributed by atoms with Crippen molar-refractivity contribution in [2.75, 3.05) is 13.7 Å². The first-order valence-electron chi connectivity index (χ1n) is 7.04. The van der Waals surface area contributed by atoms with Crippen LogP contribution in [0.3, 0.4) is 0 Å². The number of nitrogens with zero attached hydrogens (tertiary/aromatic N) is 1. The van der Waals surface area contributed by atoms with Gasteiger partial charge in [-0.25, -0.2) is 0 Å². The highest BCUT2D eigenvalue weighted by Crippen LogP contribution is 2.26. The standard InChI is InChI=1S/C16H24N2O/c1-5-18-11-13(8-9-17-12(2)3)15-10-14(19-4)6-7-16(15)18/h6-7,10-12,17H,5,8-9H2,1-4H3. The average molecular weight is 260 g/mol. The molecular weight excluding hydrogens is 236 g/mol. The molecule has 2 aromatic rings. The third kappa shape index (κ3) is 3.10. The number of methoxy groups -OCH3 is 1. The molecule has 19 heavy (non-hydrogen) atoms. The summed E-state index contributed by atoms with van der Waals surface area (Å²) < 4.78 is 7.64. The van der Waals surface area contributed by atoms with Gasteiger partial charge in [0.05, 0.1) is 7.11 Å². The van der Waals surface area contributed by atoms with Crippen molar-refractivity contribution in [3.8, 4) is 5.75 Å². The van der Waals surface area contributed by atoms with Crippen molar-refractivity contribution < 1.29 is 4.74 Å². The summed E-state index contributed by atoms with van der Waals surface area (Å²) in [4.78, 5) is 0. The number of hydrogen-bond donors (Lipinski definition) is 1. The van der Waals surface area contributed by atoms with Crippen LogP contribution in [0.1, 0.15) is 26.3 Å². The topological polar surface area (TPSA) is 26.2 Å². The average Bonchev–Trinajstić information content (AvgIpc) is 2.76. The SMILES string of the molecule is CCn1cc(CCNC(C)C)c2cc(OC)ccc21. The summed E-state index contributed by atoms with van der Waals surface area (Å²) in [5.41, 5.74) is 2.69. The molecule has 0 atom stereocenters. The van der Waals surface area contributed by atoms with Crippen molar-refractivity contribution in [1.82, 2.24) is 9.88 Å². The van der Waals surface area contributed by atoms with E-state index in [1.807, 2.05) is 6.07 Å². The predicted octanol–water partition coefficient (Wildman–Crippen LogP) is 3.21. The lowest BCUT2D eigenvalue weighted by molar-refractivity contribution is 0.415. The van der Waals surface area contributed by atoms with Crippen LogP contribution in [-0.2, 0) is 13.0 Å². The Morgan fingerprint density at radius 2 is 2.11 bits per heavy atom. The van der Waals surface area contributed by atoms with Crippen LogP contribution in [0.25, 0.3) is 10.9 Å². The van der Waals surface area contributed by atoms with E-state index >= 15 is 0 Å². The summed E-state index contributed by atoms with van der Waals surface area (Å²) >= 11 is 0. The zero-order valence-electron chi connectivity index (χ0n) is 12.4. The van der Waals surface area contributed by atoms with E-state index in [-0.39, 0.29) is 0 Å². The molecule has 0 spiro atoms. The van der Waals surface area contributed by atoms with E-state index in [1.54, 1.807) is 7.11 Å². The number of nitrogens with one attached hydrogen (secondary N) is 1. The Morgan fingerprint density at radius 1 is 1.32 bits per heavy atom. The number of aryl methyl sites for hydroxylation is 1. The minimum atomic E-state index is 0.536. The largest absolute Gasteiger partial charge is 0.497 e. The van der Waals surface area contributed by atoms with E-state index in [0.29, 0.717) is 6.04 Å². The van der Waals surface area contributed by atoms with Crippen molar-refractivity contribution in [2.45, 2.75) is 39.8 Å². The smallest absolute Gasteiger partial charge is 0.119 e. The van der Waals surface area contributed by atoms with Gasteiger partial charge in [0.25, 0.3) is 0 Å². The Bertz CT molecular complexity index is 543. The Kier molecular flexibility index (Phi) is 4.48. The summed E-state index contributed by atoms with van der Waals surface area (Å²) in [6, 6.07) is 6.86. The Morgan fingerprint density at radius 3 is 2.74 bits per heavy atom. The maximum absolute atomic E-state index is 5.34. The zero-order chi connectivity index (χ0) is 13.8. The molecule has 0 aliphatic rings. The van der Waals surface area contributed by atoms with Gasteiger partial charge >= 0.3 is 0 Å². The minimum Gasteiger partial charge on any atom is -0.497 e. The van der Waals surface area contributed by atoms with E-state index < -0.39 is 0 Å². The van der Waals surface area contributed by atoms with E-state index in [4.69, 9.17) is 4.74 Å². The summed E-state index contributed by atoms with van der Waals surface area (Å²) in [7, 11) is 1.72. The molecule has 3 heteroatoms. The summed E-state index contributed by atoms with van der Waals surface area (Å²) in [6.45, 7) is 8.55. The van der Waals surface area contributed by atoms with Gasteiger partial charge in [0.2, 0.25) is 0 Å². The van der Waals surface area contributed by atoms with Crippen molar-refractivity contribution in [3.05, 3.63) is 30.0 Å². The minimum absolute atomic E-state index is 0.536. The lowest BCUT2D eigenvalue weighted by Gasteiger charge is -2.07. The first kappa shape index (κ1) is 13.9. The van der Waals surface area contributed by atoms with Crippen LogP contribution in [-0.4, -0.2) is 24.3 Å². The second kappa shape index (κ2) is 6.11. The molecule has 0 unspecified atom stereocenters. The van der Waals surface area contributed by atoms with Crippen molar-refractivity contribution >= 4 is 10.9 Å². The Balaban J connectivity index is 2.30. The van der Waals surface area contributed by atoms with Gasteiger partial charge in [0.1, 0.15) is 5.75 Å². The summed E-state index contributed by atoms with van der Waals surface area (Å²) in [5.74, 6) is 0.930. The summed E-state index contributed by atoms with van der Waals surface area (Å²) in [5, 5.41) is 4.79. The van der Waals surface area contributed by atoms with E-state index in [9.17, 15) is 0 Å². The fourth-order valence-electron chi connectivity index (χ4n) is 2.43. The highest BCUT2D eigenvalue weighted by Gasteiger charge is 2.08. The number of hydrogen-bond acceptors (Lipinski definition) is 2. The first-order valence-corrected chi connectivity index (χ1v) is 7.04. The number of aromatic nitrogens is 1. The Labute approximate surface area is 115 Å². The van der Waals surface area contributed by atoms with E-state index in [2.05, 4.69) is 49.0 Å². The monoisotopic (exact) mass is 260 g/mol.